The van der Waals surface area contributed by atoms with Gasteiger partial charge in [0.15, 0.2) is 15.6 Å². The summed E-state index contributed by atoms with van der Waals surface area (Å²) in [6.07, 6.45) is 1.05. The monoisotopic (exact) mass is 550 g/mol. The third kappa shape index (κ3) is 6.41. The van der Waals surface area contributed by atoms with E-state index in [2.05, 4.69) is 15.0 Å². The van der Waals surface area contributed by atoms with Crippen molar-refractivity contribution in [1.29, 1.82) is 0 Å². The van der Waals surface area contributed by atoms with E-state index in [1.807, 2.05) is 19.0 Å². The van der Waals surface area contributed by atoms with Crippen LogP contribution in [0.2, 0.25) is 0 Å². The highest BCUT2D eigenvalue weighted by Crippen LogP contribution is 2.39. The van der Waals surface area contributed by atoms with Crippen LogP contribution < -0.4 is 9.47 Å². The van der Waals surface area contributed by atoms with Gasteiger partial charge in [0.2, 0.25) is 0 Å². The first-order valence-electron chi connectivity index (χ1n) is 12.0. The summed E-state index contributed by atoms with van der Waals surface area (Å²) in [6, 6.07) is 8.27. The molecule has 3 aromatic rings. The maximum atomic E-state index is 13.2. The molecule has 0 aliphatic heterocycles. The van der Waals surface area contributed by atoms with Gasteiger partial charge in [-0.15, -0.1) is 0 Å². The summed E-state index contributed by atoms with van der Waals surface area (Å²) in [5, 5.41) is 0. The molecule has 1 aliphatic rings. The van der Waals surface area contributed by atoms with Crippen molar-refractivity contribution in [3.05, 3.63) is 71.9 Å². The number of alkyl halides is 3. The minimum atomic E-state index is -4.39. The second kappa shape index (κ2) is 11.2. The van der Waals surface area contributed by atoms with Crippen LogP contribution in [0.4, 0.5) is 13.2 Å². The van der Waals surface area contributed by atoms with Crippen LogP contribution in [0.5, 0.6) is 11.6 Å². The van der Waals surface area contributed by atoms with Crippen molar-refractivity contribution < 1.29 is 31.1 Å². The molecule has 0 bridgehead atoms. The Balaban J connectivity index is 1.52. The Morgan fingerprint density at radius 1 is 1.11 bits per heavy atom. The van der Waals surface area contributed by atoms with Gasteiger partial charge in [0.25, 0.3) is 5.88 Å². The molecular weight excluding hydrogens is 521 g/mol. The van der Waals surface area contributed by atoms with Crippen molar-refractivity contribution in [3.8, 4) is 11.6 Å². The molecule has 12 heteroatoms. The zero-order valence-electron chi connectivity index (χ0n) is 21.2. The molecule has 0 saturated heterocycles. The molecule has 2 aromatic heterocycles. The van der Waals surface area contributed by atoms with E-state index in [4.69, 9.17) is 9.47 Å². The van der Waals surface area contributed by atoms with Crippen LogP contribution in [0.15, 0.2) is 60.0 Å². The van der Waals surface area contributed by atoms with Crippen molar-refractivity contribution in [2.75, 3.05) is 21.2 Å². The first-order valence-corrected chi connectivity index (χ1v) is 13.6. The summed E-state index contributed by atoms with van der Waals surface area (Å²) < 4.78 is 77.1. The SMILES string of the molecule is COc1cc(S(=O)(=O)Cc2ccncn2)cnc1O[C@H]1CC[C@H](c2cccc(C(F)(F)F)c2)C[C@@H]1N(C)C. The second-order valence-electron chi connectivity index (χ2n) is 9.46. The third-order valence-corrected chi connectivity index (χ3v) is 8.34. The fraction of sp³-hybridized carbons (Fsp3) is 0.423. The van der Waals surface area contributed by atoms with Gasteiger partial charge in [-0.2, -0.15) is 13.2 Å². The van der Waals surface area contributed by atoms with Crippen LogP contribution >= 0.6 is 0 Å². The number of hydrogen-bond acceptors (Lipinski definition) is 8. The van der Waals surface area contributed by atoms with E-state index < -0.39 is 21.6 Å². The van der Waals surface area contributed by atoms with Crippen molar-refractivity contribution >= 4 is 9.84 Å². The number of pyridine rings is 1. The number of ether oxygens (including phenoxy) is 2. The van der Waals surface area contributed by atoms with E-state index in [-0.39, 0.29) is 40.3 Å². The Bertz CT molecular complexity index is 1350. The summed E-state index contributed by atoms with van der Waals surface area (Å²) in [5.41, 5.74) is 0.350. The van der Waals surface area contributed by atoms with Gasteiger partial charge in [0, 0.05) is 24.5 Å². The number of halogens is 3. The molecule has 0 radical (unpaired) electrons. The predicted molar refractivity (Wildman–Crippen MR) is 134 cm³/mol. The van der Waals surface area contributed by atoms with Gasteiger partial charge in [-0.05, 0) is 57.0 Å². The second-order valence-corrected chi connectivity index (χ2v) is 11.4. The van der Waals surface area contributed by atoms with Crippen LogP contribution in [-0.4, -0.2) is 61.6 Å². The average molecular weight is 551 g/mol. The molecule has 38 heavy (non-hydrogen) atoms. The summed E-state index contributed by atoms with van der Waals surface area (Å²) in [7, 11) is 1.44. The number of nitrogens with zero attached hydrogens (tertiary/aromatic N) is 4. The lowest BCUT2D eigenvalue weighted by Gasteiger charge is -2.39. The Morgan fingerprint density at radius 3 is 2.55 bits per heavy atom. The van der Waals surface area contributed by atoms with Crippen molar-refractivity contribution in [2.24, 2.45) is 0 Å². The first kappa shape index (κ1) is 27.8. The molecule has 0 unspecified atom stereocenters. The summed E-state index contributed by atoms with van der Waals surface area (Å²) in [5.74, 6) is -0.0501. The van der Waals surface area contributed by atoms with Gasteiger partial charge in [-0.1, -0.05) is 18.2 Å². The number of methoxy groups -OCH3 is 1. The highest BCUT2D eigenvalue weighted by molar-refractivity contribution is 7.90. The Morgan fingerprint density at radius 2 is 1.89 bits per heavy atom. The van der Waals surface area contributed by atoms with Crippen molar-refractivity contribution in [3.63, 3.8) is 0 Å². The number of likely N-dealkylation sites (N-methyl/N-ethyl adjacent to an activating group) is 1. The normalized spacial score (nSPS) is 20.3. The number of benzene rings is 1. The van der Waals surface area contributed by atoms with E-state index in [1.54, 1.807) is 6.07 Å². The molecule has 4 rings (SSSR count). The zero-order valence-corrected chi connectivity index (χ0v) is 22.0. The van der Waals surface area contributed by atoms with Gasteiger partial charge in [-0.25, -0.2) is 23.4 Å². The maximum absolute atomic E-state index is 13.2. The summed E-state index contributed by atoms with van der Waals surface area (Å²) in [4.78, 5) is 14.0. The molecule has 0 amide bonds. The molecule has 1 aromatic carbocycles. The number of rotatable bonds is 8. The van der Waals surface area contributed by atoms with E-state index in [0.717, 1.165) is 6.07 Å². The van der Waals surface area contributed by atoms with Gasteiger partial charge in [-0.3, -0.25) is 0 Å². The molecule has 3 atom stereocenters. The molecule has 204 valence electrons. The summed E-state index contributed by atoms with van der Waals surface area (Å²) >= 11 is 0. The molecule has 1 saturated carbocycles. The molecular formula is C26H29F3N4O4S. The zero-order chi connectivity index (χ0) is 27.5. The third-order valence-electron chi connectivity index (χ3n) is 6.72. The van der Waals surface area contributed by atoms with Gasteiger partial charge < -0.3 is 14.4 Å². The van der Waals surface area contributed by atoms with Crippen molar-refractivity contribution in [1.82, 2.24) is 19.9 Å². The lowest BCUT2D eigenvalue weighted by atomic mass is 9.79. The number of aromatic nitrogens is 3. The molecule has 1 aliphatic carbocycles. The van der Waals surface area contributed by atoms with Crippen LogP contribution in [0.25, 0.3) is 0 Å². The maximum Gasteiger partial charge on any atom is 0.416 e. The van der Waals surface area contributed by atoms with Crippen LogP contribution in [0.3, 0.4) is 0 Å². The van der Waals surface area contributed by atoms with Gasteiger partial charge >= 0.3 is 6.18 Å². The van der Waals surface area contributed by atoms with Gasteiger partial charge in [0.1, 0.15) is 12.4 Å². The highest BCUT2D eigenvalue weighted by Gasteiger charge is 2.36. The molecule has 0 spiro atoms. The van der Waals surface area contributed by atoms with E-state index in [9.17, 15) is 21.6 Å². The van der Waals surface area contributed by atoms with Gasteiger partial charge in [0.05, 0.1) is 29.0 Å². The minimum Gasteiger partial charge on any atom is -0.491 e. The molecule has 8 nitrogen and oxygen atoms in total. The largest absolute Gasteiger partial charge is 0.491 e. The Labute approximate surface area is 219 Å². The lowest BCUT2D eigenvalue weighted by Crippen LogP contribution is -2.46. The minimum absolute atomic E-state index is 0.0299. The van der Waals surface area contributed by atoms with E-state index in [0.29, 0.717) is 30.5 Å². The predicted octanol–water partition coefficient (Wildman–Crippen LogP) is 4.52. The van der Waals surface area contributed by atoms with E-state index >= 15 is 0 Å². The van der Waals surface area contributed by atoms with Crippen molar-refractivity contribution in [2.45, 2.75) is 54.2 Å². The Kier molecular flexibility index (Phi) is 8.22. The molecule has 2 heterocycles. The van der Waals surface area contributed by atoms with Crippen LogP contribution in [0, 0.1) is 0 Å². The number of sulfone groups is 1. The van der Waals surface area contributed by atoms with E-state index in [1.165, 1.54) is 50.1 Å². The average Bonchev–Trinajstić information content (AvgIpc) is 2.89. The summed E-state index contributed by atoms with van der Waals surface area (Å²) in [6.45, 7) is 0. The quantitative estimate of drug-likeness (QED) is 0.404. The Hall–Kier alpha value is -3.25. The highest BCUT2D eigenvalue weighted by atomic mass is 32.2. The molecule has 0 N–H and O–H groups in total. The number of hydrogen-bond donors (Lipinski definition) is 0. The smallest absolute Gasteiger partial charge is 0.416 e. The van der Waals surface area contributed by atoms with Crippen LogP contribution in [0.1, 0.15) is 42.0 Å². The topological polar surface area (TPSA) is 94.5 Å². The van der Waals surface area contributed by atoms with Crippen LogP contribution in [-0.2, 0) is 21.8 Å². The fourth-order valence-electron chi connectivity index (χ4n) is 4.72. The fourth-order valence-corrected chi connectivity index (χ4v) is 5.94. The molecule has 1 fully saturated rings. The lowest BCUT2D eigenvalue weighted by molar-refractivity contribution is -0.137. The standard InChI is InChI=1S/C26H29F3N4O4S/c1-33(2)22-12-18(17-5-4-6-19(11-17)26(27,28)29)7-8-23(22)37-25-24(36-3)13-21(14-31-25)38(34,35)15-20-9-10-30-16-32-20/h4-6,9-11,13-14,16,18,22-23H,7-8,12,15H2,1-3H3/t18-,22-,23-/m0/s1. The first-order chi connectivity index (χ1) is 18.0.